The lowest BCUT2D eigenvalue weighted by Gasteiger charge is -2.28. The van der Waals surface area contributed by atoms with Crippen molar-refractivity contribution < 1.29 is 9.90 Å². The summed E-state index contributed by atoms with van der Waals surface area (Å²) in [5.74, 6) is 0.615. The van der Waals surface area contributed by atoms with Crippen molar-refractivity contribution in [1.29, 1.82) is 0 Å². The van der Waals surface area contributed by atoms with Crippen LogP contribution in [-0.2, 0) is 4.79 Å². The van der Waals surface area contributed by atoms with E-state index in [1.54, 1.807) is 0 Å². The number of carbonyl (C=O) groups excluding carboxylic acids is 1. The molecule has 3 nitrogen and oxygen atoms in total. The van der Waals surface area contributed by atoms with Gasteiger partial charge in [-0.05, 0) is 25.7 Å². The second-order valence-corrected chi connectivity index (χ2v) is 3.17. The molecule has 1 heterocycles. The molecule has 0 aromatic rings. The Labute approximate surface area is 66.8 Å². The third-order valence-corrected chi connectivity index (χ3v) is 2.34. The van der Waals surface area contributed by atoms with Gasteiger partial charge in [-0.25, -0.2) is 0 Å². The summed E-state index contributed by atoms with van der Waals surface area (Å²) in [5, 5.41) is 11.6. The summed E-state index contributed by atoms with van der Waals surface area (Å²) in [6.07, 6.45) is 2.35. The van der Waals surface area contributed by atoms with Crippen LogP contribution in [0.25, 0.3) is 0 Å². The molecule has 1 fully saturated rings. The molecule has 0 aliphatic carbocycles. The fourth-order valence-electron chi connectivity index (χ4n) is 1.57. The predicted molar refractivity (Wildman–Crippen MR) is 42.0 cm³/mol. The third-order valence-electron chi connectivity index (χ3n) is 2.34. The molecule has 1 rings (SSSR count). The maximum atomic E-state index is 10.8. The Bertz CT molecular complexity index is 147. The first-order chi connectivity index (χ1) is 5.24. The number of piperidine rings is 1. The van der Waals surface area contributed by atoms with Crippen molar-refractivity contribution in [2.75, 3.05) is 6.61 Å². The van der Waals surface area contributed by atoms with Crippen molar-refractivity contribution >= 4 is 5.91 Å². The number of nitrogens with one attached hydrogen (secondary N) is 1. The molecular weight excluding hydrogens is 142 g/mol. The van der Waals surface area contributed by atoms with Gasteiger partial charge in [0, 0.05) is 19.1 Å². The van der Waals surface area contributed by atoms with Crippen LogP contribution >= 0.6 is 0 Å². The molecule has 11 heavy (non-hydrogen) atoms. The van der Waals surface area contributed by atoms with Crippen LogP contribution in [0.2, 0.25) is 0 Å². The summed E-state index contributed by atoms with van der Waals surface area (Å²) >= 11 is 0. The summed E-state index contributed by atoms with van der Waals surface area (Å²) in [6.45, 7) is 2.22. The van der Waals surface area contributed by atoms with E-state index in [4.69, 9.17) is 5.11 Å². The summed E-state index contributed by atoms with van der Waals surface area (Å²) in [6, 6.07) is 0.239. The maximum Gasteiger partial charge on any atom is 0.220 e. The predicted octanol–water partition coefficient (Wildman–Crippen LogP) is 0.283. The summed E-state index contributed by atoms with van der Waals surface area (Å²) in [5.41, 5.74) is 0. The van der Waals surface area contributed by atoms with Gasteiger partial charge in [-0.3, -0.25) is 4.79 Å². The molecular formula is C8H15NO2. The molecule has 1 saturated heterocycles. The zero-order chi connectivity index (χ0) is 8.27. The highest BCUT2D eigenvalue weighted by molar-refractivity contribution is 5.77. The molecule has 0 radical (unpaired) electrons. The van der Waals surface area contributed by atoms with Gasteiger partial charge in [-0.1, -0.05) is 0 Å². The van der Waals surface area contributed by atoms with E-state index in [1.807, 2.05) is 6.92 Å². The molecule has 1 aliphatic heterocycles. The SMILES string of the molecule is CC1NC(=O)CCC1CCO. The van der Waals surface area contributed by atoms with Gasteiger partial charge in [-0.15, -0.1) is 0 Å². The van der Waals surface area contributed by atoms with Gasteiger partial charge in [0.2, 0.25) is 5.91 Å². The summed E-state index contributed by atoms with van der Waals surface area (Å²) < 4.78 is 0. The van der Waals surface area contributed by atoms with Crippen molar-refractivity contribution in [3.05, 3.63) is 0 Å². The Kier molecular flexibility index (Phi) is 2.88. The van der Waals surface area contributed by atoms with Crippen LogP contribution in [-0.4, -0.2) is 23.7 Å². The van der Waals surface area contributed by atoms with Crippen molar-refractivity contribution in [2.24, 2.45) is 5.92 Å². The molecule has 0 aromatic heterocycles. The molecule has 2 unspecified atom stereocenters. The van der Waals surface area contributed by atoms with Crippen LogP contribution in [0.15, 0.2) is 0 Å². The van der Waals surface area contributed by atoms with Gasteiger partial charge >= 0.3 is 0 Å². The molecule has 0 spiro atoms. The van der Waals surface area contributed by atoms with Crippen LogP contribution in [0.5, 0.6) is 0 Å². The largest absolute Gasteiger partial charge is 0.396 e. The molecule has 64 valence electrons. The first-order valence-electron chi connectivity index (χ1n) is 4.14. The molecule has 1 aliphatic rings. The standard InChI is InChI=1S/C8H15NO2/c1-6-7(4-5-10)2-3-8(11)9-6/h6-7,10H,2-5H2,1H3,(H,9,11). The van der Waals surface area contributed by atoms with Crippen LogP contribution in [0.4, 0.5) is 0 Å². The Morgan fingerprint density at radius 3 is 3.00 bits per heavy atom. The first kappa shape index (κ1) is 8.53. The fraction of sp³-hybridized carbons (Fsp3) is 0.875. The highest BCUT2D eigenvalue weighted by atomic mass is 16.3. The number of hydrogen-bond acceptors (Lipinski definition) is 2. The summed E-state index contributed by atoms with van der Waals surface area (Å²) in [7, 11) is 0. The number of carbonyl (C=O) groups is 1. The van der Waals surface area contributed by atoms with Gasteiger partial charge in [0.05, 0.1) is 0 Å². The lowest BCUT2D eigenvalue weighted by atomic mass is 9.89. The minimum atomic E-state index is 0.145. The fourth-order valence-corrected chi connectivity index (χ4v) is 1.57. The molecule has 1 amide bonds. The van der Waals surface area contributed by atoms with E-state index in [-0.39, 0.29) is 18.6 Å². The van der Waals surface area contributed by atoms with Crippen molar-refractivity contribution in [3.8, 4) is 0 Å². The molecule has 0 saturated carbocycles. The lowest BCUT2D eigenvalue weighted by Crippen LogP contribution is -2.43. The van der Waals surface area contributed by atoms with E-state index in [0.29, 0.717) is 12.3 Å². The van der Waals surface area contributed by atoms with Crippen molar-refractivity contribution in [3.63, 3.8) is 0 Å². The lowest BCUT2D eigenvalue weighted by molar-refractivity contribution is -0.124. The second-order valence-electron chi connectivity index (χ2n) is 3.17. The molecule has 2 N–H and O–H groups in total. The van der Waals surface area contributed by atoms with Gasteiger partial charge in [-0.2, -0.15) is 0 Å². The Hall–Kier alpha value is -0.570. The normalized spacial score (nSPS) is 31.6. The highest BCUT2D eigenvalue weighted by Gasteiger charge is 2.23. The van der Waals surface area contributed by atoms with E-state index < -0.39 is 0 Å². The molecule has 2 atom stereocenters. The van der Waals surface area contributed by atoms with Gasteiger partial charge in [0.1, 0.15) is 0 Å². The highest BCUT2D eigenvalue weighted by Crippen LogP contribution is 2.19. The molecule has 0 bridgehead atoms. The first-order valence-corrected chi connectivity index (χ1v) is 4.14. The quantitative estimate of drug-likeness (QED) is 0.605. The third kappa shape index (κ3) is 2.19. The van der Waals surface area contributed by atoms with Crippen LogP contribution in [0.1, 0.15) is 26.2 Å². The smallest absolute Gasteiger partial charge is 0.220 e. The minimum Gasteiger partial charge on any atom is -0.396 e. The second kappa shape index (κ2) is 3.72. The van der Waals surface area contributed by atoms with Crippen molar-refractivity contribution in [2.45, 2.75) is 32.2 Å². The van der Waals surface area contributed by atoms with E-state index in [9.17, 15) is 4.79 Å². The van der Waals surface area contributed by atoms with Crippen LogP contribution in [0, 0.1) is 5.92 Å². The monoisotopic (exact) mass is 157 g/mol. The number of amides is 1. The number of aliphatic hydroxyl groups is 1. The Balaban J connectivity index is 2.37. The number of aliphatic hydroxyl groups excluding tert-OH is 1. The van der Waals surface area contributed by atoms with Gasteiger partial charge in [0.15, 0.2) is 0 Å². The topological polar surface area (TPSA) is 49.3 Å². The summed E-state index contributed by atoms with van der Waals surface area (Å²) in [4.78, 5) is 10.8. The number of hydrogen-bond donors (Lipinski definition) is 2. The van der Waals surface area contributed by atoms with E-state index >= 15 is 0 Å². The average Bonchev–Trinajstić information content (AvgIpc) is 1.95. The zero-order valence-electron chi connectivity index (χ0n) is 6.84. The average molecular weight is 157 g/mol. The zero-order valence-corrected chi connectivity index (χ0v) is 6.84. The van der Waals surface area contributed by atoms with E-state index in [0.717, 1.165) is 12.8 Å². The van der Waals surface area contributed by atoms with E-state index in [2.05, 4.69) is 5.32 Å². The Morgan fingerprint density at radius 2 is 2.45 bits per heavy atom. The Morgan fingerprint density at radius 1 is 1.73 bits per heavy atom. The minimum absolute atomic E-state index is 0.145. The van der Waals surface area contributed by atoms with Crippen LogP contribution < -0.4 is 5.32 Å². The maximum absolute atomic E-state index is 10.8. The van der Waals surface area contributed by atoms with Crippen molar-refractivity contribution in [1.82, 2.24) is 5.32 Å². The number of rotatable bonds is 2. The van der Waals surface area contributed by atoms with Crippen LogP contribution in [0.3, 0.4) is 0 Å². The van der Waals surface area contributed by atoms with Gasteiger partial charge < -0.3 is 10.4 Å². The molecule has 3 heteroatoms. The molecule has 0 aromatic carbocycles. The van der Waals surface area contributed by atoms with Gasteiger partial charge in [0.25, 0.3) is 0 Å². The van der Waals surface area contributed by atoms with E-state index in [1.165, 1.54) is 0 Å².